The molecule has 0 radical (unpaired) electrons. The number of hydrogen-bond acceptors (Lipinski definition) is 8. The first-order valence-corrected chi connectivity index (χ1v) is 11.0. The number of carbonyl (C=O) groups excluding carboxylic acids is 2. The van der Waals surface area contributed by atoms with E-state index in [4.69, 9.17) is 10.5 Å². The van der Waals surface area contributed by atoms with Crippen molar-refractivity contribution in [3.05, 3.63) is 80.8 Å². The molecule has 35 heavy (non-hydrogen) atoms. The summed E-state index contributed by atoms with van der Waals surface area (Å²) in [5.41, 5.74) is 6.17. The Balaban J connectivity index is 1.89. The van der Waals surface area contributed by atoms with Crippen molar-refractivity contribution < 1.29 is 19.2 Å². The Kier molecular flexibility index (Phi) is 4.87. The fourth-order valence-corrected chi connectivity index (χ4v) is 5.48. The van der Waals surface area contributed by atoms with E-state index in [1.54, 1.807) is 37.4 Å². The number of nitrogens with two attached hydrogens (primary N) is 1. The first-order chi connectivity index (χ1) is 16.8. The molecule has 2 aromatic rings. The number of Topliss-reactive ketones (excluding diaryl/α,β-unsaturated/α-hetero) is 1. The number of methoxy groups -OCH3 is 1. The Labute approximate surface area is 200 Å². The van der Waals surface area contributed by atoms with Gasteiger partial charge in [-0.1, -0.05) is 18.2 Å². The van der Waals surface area contributed by atoms with Crippen LogP contribution in [0.4, 0.5) is 17.1 Å². The topological polar surface area (TPSA) is 143 Å². The van der Waals surface area contributed by atoms with Crippen molar-refractivity contribution in [1.82, 2.24) is 0 Å². The summed E-state index contributed by atoms with van der Waals surface area (Å²) in [6.45, 7) is 0. The zero-order valence-corrected chi connectivity index (χ0v) is 19.1. The molecule has 2 N–H and O–H groups in total. The number of amides is 1. The first-order valence-electron chi connectivity index (χ1n) is 11.0. The fourth-order valence-electron chi connectivity index (χ4n) is 5.48. The minimum atomic E-state index is -1.70. The molecule has 1 unspecified atom stereocenters. The lowest BCUT2D eigenvalue weighted by Gasteiger charge is -2.43. The van der Waals surface area contributed by atoms with Crippen LogP contribution < -0.4 is 20.3 Å². The number of hydrogen-bond donors (Lipinski definition) is 1. The van der Waals surface area contributed by atoms with Gasteiger partial charge >= 0.3 is 0 Å². The molecule has 1 amide bonds. The van der Waals surface area contributed by atoms with Gasteiger partial charge < -0.3 is 15.4 Å². The smallest absolute Gasteiger partial charge is 0.296 e. The standard InChI is InChI=1S/C25H21N5O5/c1-28-17-7-4-3-6-15(17)25(24(28)32)16(13-26)23(27)29(19-8-5-9-21(31)22(19)25)18-11-10-14(35-2)12-20(18)30(33)34/h3-4,6-7,10-12H,5,8-9,27H2,1-2H3. The molecule has 1 aliphatic carbocycles. The molecule has 0 saturated carbocycles. The van der Waals surface area contributed by atoms with Gasteiger partial charge in [-0.15, -0.1) is 0 Å². The summed E-state index contributed by atoms with van der Waals surface area (Å²) in [5.74, 6) is -0.587. The van der Waals surface area contributed by atoms with E-state index in [1.807, 2.05) is 0 Å². The monoisotopic (exact) mass is 471 g/mol. The molecule has 1 atom stereocenters. The van der Waals surface area contributed by atoms with Crippen LogP contribution in [0.5, 0.6) is 5.75 Å². The highest BCUT2D eigenvalue weighted by Crippen LogP contribution is 2.57. The van der Waals surface area contributed by atoms with Gasteiger partial charge in [-0.3, -0.25) is 24.6 Å². The third-order valence-electron chi connectivity index (χ3n) is 6.93. The average Bonchev–Trinajstić information content (AvgIpc) is 3.07. The largest absolute Gasteiger partial charge is 0.496 e. The van der Waals surface area contributed by atoms with E-state index >= 15 is 0 Å². The van der Waals surface area contributed by atoms with Gasteiger partial charge in [0.1, 0.15) is 28.7 Å². The zero-order valence-electron chi connectivity index (χ0n) is 19.1. The number of para-hydroxylation sites is 1. The number of nitriles is 1. The van der Waals surface area contributed by atoms with Crippen LogP contribution in [-0.4, -0.2) is 30.8 Å². The highest BCUT2D eigenvalue weighted by Gasteiger charge is 2.61. The molecule has 0 saturated heterocycles. The van der Waals surface area contributed by atoms with Crippen molar-refractivity contribution in [3.8, 4) is 11.8 Å². The van der Waals surface area contributed by atoms with Gasteiger partial charge in [0.25, 0.3) is 5.69 Å². The normalized spacial score (nSPS) is 21.3. The third kappa shape index (κ3) is 2.75. The van der Waals surface area contributed by atoms with Crippen molar-refractivity contribution in [2.45, 2.75) is 24.7 Å². The van der Waals surface area contributed by atoms with E-state index in [2.05, 4.69) is 6.07 Å². The van der Waals surface area contributed by atoms with E-state index in [9.17, 15) is 25.0 Å². The van der Waals surface area contributed by atoms with E-state index in [0.717, 1.165) is 0 Å². The Morgan fingerprint density at radius 2 is 1.91 bits per heavy atom. The van der Waals surface area contributed by atoms with Gasteiger partial charge in [0, 0.05) is 36.0 Å². The van der Waals surface area contributed by atoms with Crippen molar-refractivity contribution in [3.63, 3.8) is 0 Å². The minimum absolute atomic E-state index is 0.0881. The number of carbonyl (C=O) groups is 2. The predicted molar refractivity (Wildman–Crippen MR) is 126 cm³/mol. The Morgan fingerprint density at radius 1 is 1.17 bits per heavy atom. The van der Waals surface area contributed by atoms with Crippen LogP contribution in [0.15, 0.2) is 65.1 Å². The maximum Gasteiger partial charge on any atom is 0.296 e. The van der Waals surface area contributed by atoms with Crippen LogP contribution in [0, 0.1) is 21.4 Å². The summed E-state index contributed by atoms with van der Waals surface area (Å²) < 4.78 is 5.15. The van der Waals surface area contributed by atoms with Crippen LogP contribution in [0.1, 0.15) is 24.8 Å². The lowest BCUT2D eigenvalue weighted by atomic mass is 9.64. The Hall–Kier alpha value is -4.65. The number of ether oxygens (including phenoxy) is 1. The number of nitrogens with zero attached hydrogens (tertiary/aromatic N) is 4. The number of nitro groups is 1. The van der Waals surface area contributed by atoms with Crippen molar-refractivity contribution in [1.29, 1.82) is 5.26 Å². The summed E-state index contributed by atoms with van der Waals surface area (Å²) in [4.78, 5) is 41.7. The lowest BCUT2D eigenvalue weighted by molar-refractivity contribution is -0.384. The maximum atomic E-state index is 13.9. The number of ketones is 1. The molecule has 0 aromatic heterocycles. The second-order valence-electron chi connectivity index (χ2n) is 8.55. The summed E-state index contributed by atoms with van der Waals surface area (Å²) >= 11 is 0. The number of benzene rings is 2. The van der Waals surface area contributed by atoms with Crippen molar-refractivity contribution in [2.75, 3.05) is 24.0 Å². The van der Waals surface area contributed by atoms with Crippen LogP contribution >= 0.6 is 0 Å². The molecule has 2 aliphatic heterocycles. The summed E-state index contributed by atoms with van der Waals surface area (Å²) in [5, 5.41) is 22.3. The predicted octanol–water partition coefficient (Wildman–Crippen LogP) is 3.04. The molecule has 0 bridgehead atoms. The molecule has 0 fully saturated rings. The number of fused-ring (bicyclic) bond motifs is 3. The number of nitro benzene ring substituents is 1. The van der Waals surface area contributed by atoms with Gasteiger partial charge in [0.05, 0.1) is 23.7 Å². The van der Waals surface area contributed by atoms with Crippen molar-refractivity contribution >= 4 is 28.8 Å². The summed E-state index contributed by atoms with van der Waals surface area (Å²) in [6.07, 6.45) is 1.02. The molecule has 3 aliphatic rings. The molecule has 2 heterocycles. The van der Waals surface area contributed by atoms with Gasteiger partial charge in [-0.25, -0.2) is 0 Å². The molecule has 5 rings (SSSR count). The quantitative estimate of drug-likeness (QED) is 0.531. The number of anilines is 2. The number of rotatable bonds is 3. The Morgan fingerprint density at radius 3 is 2.60 bits per heavy atom. The summed E-state index contributed by atoms with van der Waals surface area (Å²) in [6, 6.07) is 13.3. The van der Waals surface area contributed by atoms with E-state index in [0.29, 0.717) is 29.8 Å². The highest BCUT2D eigenvalue weighted by atomic mass is 16.6. The molecular formula is C25H21N5O5. The van der Waals surface area contributed by atoms with Gasteiger partial charge in [-0.05, 0) is 31.0 Å². The van der Waals surface area contributed by atoms with E-state index in [-0.39, 0.29) is 46.3 Å². The second kappa shape index (κ2) is 7.70. The average molecular weight is 471 g/mol. The first kappa shape index (κ1) is 22.2. The number of likely N-dealkylation sites (N-methyl/N-ethyl adjacent to an activating group) is 1. The van der Waals surface area contributed by atoms with Gasteiger partial charge in [0.2, 0.25) is 5.91 Å². The van der Waals surface area contributed by atoms with Crippen LogP contribution in [0.25, 0.3) is 0 Å². The van der Waals surface area contributed by atoms with Crippen LogP contribution in [0.3, 0.4) is 0 Å². The zero-order chi connectivity index (χ0) is 25.1. The van der Waals surface area contributed by atoms with Gasteiger partial charge in [0.15, 0.2) is 5.78 Å². The fraction of sp³-hybridized carbons (Fsp3) is 0.240. The molecule has 176 valence electrons. The van der Waals surface area contributed by atoms with Crippen molar-refractivity contribution in [2.24, 2.45) is 5.73 Å². The molecule has 1 spiro atoms. The van der Waals surface area contributed by atoms with Crippen LogP contribution in [0.2, 0.25) is 0 Å². The van der Waals surface area contributed by atoms with E-state index < -0.39 is 16.2 Å². The highest BCUT2D eigenvalue weighted by molar-refractivity contribution is 6.20. The van der Waals surface area contributed by atoms with Crippen LogP contribution in [-0.2, 0) is 15.0 Å². The Bertz CT molecular complexity index is 1440. The van der Waals surface area contributed by atoms with E-state index in [1.165, 1.54) is 29.0 Å². The minimum Gasteiger partial charge on any atom is -0.496 e. The summed E-state index contributed by atoms with van der Waals surface area (Å²) in [7, 11) is 2.99. The molecule has 2 aromatic carbocycles. The number of allylic oxidation sites excluding steroid dienone is 1. The SMILES string of the molecule is COc1ccc(N2C(N)=C(C#N)C3(C(=O)N(C)c4ccccc43)C3=C2CCCC3=O)c([N+](=O)[O-])c1. The maximum absolute atomic E-state index is 13.9. The third-order valence-corrected chi connectivity index (χ3v) is 6.93. The van der Waals surface area contributed by atoms with Gasteiger partial charge in [-0.2, -0.15) is 5.26 Å². The molecular weight excluding hydrogens is 450 g/mol. The second-order valence-corrected chi connectivity index (χ2v) is 8.55. The molecule has 10 nitrogen and oxygen atoms in total. The lowest BCUT2D eigenvalue weighted by Crippen LogP contribution is -2.52. The molecule has 10 heteroatoms.